The molecule has 0 spiro atoms. The number of nitrogens with one attached hydrogen (secondary N) is 2. The summed E-state index contributed by atoms with van der Waals surface area (Å²) in [5.74, 6) is 1.82. The molecule has 2 heterocycles. The number of rotatable bonds is 15. The third-order valence-electron chi connectivity index (χ3n) is 6.79. The van der Waals surface area contributed by atoms with Gasteiger partial charge < -0.3 is 20.3 Å². The molecule has 3 N–H and O–H groups in total. The van der Waals surface area contributed by atoms with E-state index in [9.17, 15) is 0 Å². The standard InChI is InChI=1S/C32H41N5O/c1-3-5-17-28(34-23-25-18-19-29(35-24-25)33-20-22-38)31-30(26-13-9-7-10-14-26)36-32(37(31)21-6-4-2)27-15-11-8-12-16-27/h7-16,18-19,24,28,34,38H,3-6,17,20-23H2,1-2H3,(H,33,35). The minimum atomic E-state index is 0.0878. The Bertz CT molecular complexity index is 1220. The van der Waals surface area contributed by atoms with Crippen LogP contribution in [0.5, 0.6) is 0 Å². The smallest absolute Gasteiger partial charge is 0.140 e. The fourth-order valence-electron chi connectivity index (χ4n) is 4.78. The van der Waals surface area contributed by atoms with Crippen LogP contribution >= 0.6 is 0 Å². The van der Waals surface area contributed by atoms with Crippen LogP contribution in [0.3, 0.4) is 0 Å². The molecule has 1 atom stereocenters. The molecule has 0 saturated heterocycles. The van der Waals surface area contributed by atoms with Crippen molar-refractivity contribution >= 4 is 5.82 Å². The number of aromatic nitrogens is 3. The van der Waals surface area contributed by atoms with Crippen LogP contribution in [0.1, 0.15) is 63.3 Å². The van der Waals surface area contributed by atoms with Gasteiger partial charge in [0.25, 0.3) is 0 Å². The molecule has 6 nitrogen and oxygen atoms in total. The molecule has 0 fully saturated rings. The van der Waals surface area contributed by atoms with Crippen LogP contribution < -0.4 is 10.6 Å². The first kappa shape index (κ1) is 27.6. The van der Waals surface area contributed by atoms with Gasteiger partial charge in [0.15, 0.2) is 0 Å². The number of anilines is 1. The maximum atomic E-state index is 9.05. The van der Waals surface area contributed by atoms with Crippen LogP contribution in [0.25, 0.3) is 22.6 Å². The predicted octanol–water partition coefficient (Wildman–Crippen LogP) is 6.84. The van der Waals surface area contributed by atoms with Gasteiger partial charge in [0.2, 0.25) is 0 Å². The molecule has 200 valence electrons. The lowest BCUT2D eigenvalue weighted by Gasteiger charge is -2.23. The molecule has 0 aliphatic heterocycles. The van der Waals surface area contributed by atoms with Gasteiger partial charge in [-0.15, -0.1) is 0 Å². The SMILES string of the molecule is CCCCC(NCc1ccc(NCCO)nc1)c1c(-c2ccccc2)nc(-c2ccccc2)n1CCCC. The van der Waals surface area contributed by atoms with Crippen LogP contribution in [0.2, 0.25) is 0 Å². The first-order valence-corrected chi connectivity index (χ1v) is 14.0. The molecule has 0 bridgehead atoms. The quantitative estimate of drug-likeness (QED) is 0.163. The van der Waals surface area contributed by atoms with E-state index in [-0.39, 0.29) is 12.6 Å². The number of unbranched alkanes of at least 4 members (excludes halogenated alkanes) is 2. The molecule has 0 aliphatic rings. The van der Waals surface area contributed by atoms with E-state index in [1.54, 1.807) is 0 Å². The summed E-state index contributed by atoms with van der Waals surface area (Å²) in [6.45, 7) is 6.74. The molecule has 4 aromatic rings. The molecular weight excluding hydrogens is 470 g/mol. The van der Waals surface area contributed by atoms with E-state index in [1.165, 1.54) is 5.69 Å². The number of hydrogen-bond donors (Lipinski definition) is 3. The Kier molecular flexibility index (Phi) is 10.5. The Labute approximate surface area is 227 Å². The van der Waals surface area contributed by atoms with E-state index in [0.717, 1.165) is 79.2 Å². The molecule has 0 aliphatic carbocycles. The third-order valence-corrected chi connectivity index (χ3v) is 6.79. The maximum Gasteiger partial charge on any atom is 0.140 e. The van der Waals surface area contributed by atoms with Gasteiger partial charge in [0, 0.05) is 37.0 Å². The van der Waals surface area contributed by atoms with Crippen LogP contribution in [-0.4, -0.2) is 32.8 Å². The molecule has 38 heavy (non-hydrogen) atoms. The predicted molar refractivity (Wildman–Crippen MR) is 157 cm³/mol. The van der Waals surface area contributed by atoms with Gasteiger partial charge in [0.05, 0.1) is 24.0 Å². The van der Waals surface area contributed by atoms with E-state index < -0.39 is 0 Å². The van der Waals surface area contributed by atoms with Crippen molar-refractivity contribution in [2.75, 3.05) is 18.5 Å². The lowest BCUT2D eigenvalue weighted by molar-refractivity contribution is 0.311. The lowest BCUT2D eigenvalue weighted by Crippen LogP contribution is -2.25. The Morgan fingerprint density at radius 1 is 0.868 bits per heavy atom. The third kappa shape index (κ3) is 7.09. The summed E-state index contributed by atoms with van der Waals surface area (Å²) in [4.78, 5) is 9.83. The number of aliphatic hydroxyl groups is 1. The van der Waals surface area contributed by atoms with Crippen molar-refractivity contribution in [3.8, 4) is 22.6 Å². The Morgan fingerprint density at radius 2 is 1.58 bits per heavy atom. The zero-order chi connectivity index (χ0) is 26.6. The highest BCUT2D eigenvalue weighted by Gasteiger charge is 2.25. The monoisotopic (exact) mass is 511 g/mol. The topological polar surface area (TPSA) is 75.0 Å². The Morgan fingerprint density at radius 3 is 2.21 bits per heavy atom. The molecule has 1 unspecified atom stereocenters. The van der Waals surface area contributed by atoms with Gasteiger partial charge in [-0.2, -0.15) is 0 Å². The van der Waals surface area contributed by atoms with Crippen LogP contribution in [-0.2, 0) is 13.1 Å². The normalized spacial score (nSPS) is 12.0. The van der Waals surface area contributed by atoms with Crippen molar-refractivity contribution in [3.63, 3.8) is 0 Å². The number of nitrogens with zero attached hydrogens (tertiary/aromatic N) is 3. The number of pyridine rings is 1. The summed E-state index contributed by atoms with van der Waals surface area (Å²) in [5.41, 5.74) is 5.77. The van der Waals surface area contributed by atoms with Gasteiger partial charge in [-0.3, -0.25) is 0 Å². The molecule has 2 aromatic carbocycles. The van der Waals surface area contributed by atoms with Crippen molar-refractivity contribution in [2.24, 2.45) is 0 Å². The number of hydrogen-bond acceptors (Lipinski definition) is 5. The van der Waals surface area contributed by atoms with Crippen LogP contribution in [0, 0.1) is 0 Å². The summed E-state index contributed by atoms with van der Waals surface area (Å²) in [5, 5.41) is 16.1. The summed E-state index contributed by atoms with van der Waals surface area (Å²) in [6.07, 6.45) is 7.44. The summed E-state index contributed by atoms with van der Waals surface area (Å²) in [7, 11) is 0. The second kappa shape index (κ2) is 14.5. The van der Waals surface area contributed by atoms with Gasteiger partial charge in [-0.1, -0.05) is 99.8 Å². The second-order valence-corrected chi connectivity index (χ2v) is 9.68. The van der Waals surface area contributed by atoms with E-state index in [1.807, 2.05) is 12.3 Å². The molecule has 0 saturated carbocycles. The van der Waals surface area contributed by atoms with Crippen molar-refractivity contribution in [2.45, 2.75) is 65.1 Å². The zero-order valence-electron chi connectivity index (χ0n) is 22.7. The van der Waals surface area contributed by atoms with Gasteiger partial charge >= 0.3 is 0 Å². The van der Waals surface area contributed by atoms with Crippen molar-refractivity contribution in [1.29, 1.82) is 0 Å². The van der Waals surface area contributed by atoms with Gasteiger partial charge in [-0.25, -0.2) is 9.97 Å². The van der Waals surface area contributed by atoms with Crippen LogP contribution in [0.4, 0.5) is 5.82 Å². The average molecular weight is 512 g/mol. The van der Waals surface area contributed by atoms with E-state index >= 15 is 0 Å². The fraction of sp³-hybridized carbons (Fsp3) is 0.375. The highest BCUT2D eigenvalue weighted by Crippen LogP contribution is 2.35. The first-order chi connectivity index (χ1) is 18.7. The average Bonchev–Trinajstić information content (AvgIpc) is 3.35. The lowest BCUT2D eigenvalue weighted by atomic mass is 10.0. The summed E-state index contributed by atoms with van der Waals surface area (Å²) < 4.78 is 2.47. The zero-order valence-corrected chi connectivity index (χ0v) is 22.7. The Balaban J connectivity index is 1.74. The molecule has 2 aromatic heterocycles. The number of benzene rings is 2. The highest BCUT2D eigenvalue weighted by molar-refractivity contribution is 5.69. The van der Waals surface area contributed by atoms with Crippen LogP contribution in [0.15, 0.2) is 79.0 Å². The molecule has 6 heteroatoms. The minimum Gasteiger partial charge on any atom is -0.395 e. The van der Waals surface area contributed by atoms with Crippen molar-refractivity contribution < 1.29 is 5.11 Å². The maximum absolute atomic E-state index is 9.05. The first-order valence-electron chi connectivity index (χ1n) is 14.0. The summed E-state index contributed by atoms with van der Waals surface area (Å²) >= 11 is 0. The summed E-state index contributed by atoms with van der Waals surface area (Å²) in [6, 6.07) is 25.4. The van der Waals surface area contributed by atoms with Gasteiger partial charge in [0.1, 0.15) is 11.6 Å². The second-order valence-electron chi connectivity index (χ2n) is 9.68. The van der Waals surface area contributed by atoms with Crippen molar-refractivity contribution in [3.05, 3.63) is 90.3 Å². The Hall–Kier alpha value is -3.48. The van der Waals surface area contributed by atoms with Gasteiger partial charge in [-0.05, 0) is 24.5 Å². The molecule has 0 amide bonds. The van der Waals surface area contributed by atoms with E-state index in [4.69, 9.17) is 10.1 Å². The number of imidazole rings is 1. The number of aliphatic hydroxyl groups excluding tert-OH is 1. The van der Waals surface area contributed by atoms with E-state index in [2.05, 4.69) is 101 Å². The minimum absolute atomic E-state index is 0.0878. The van der Waals surface area contributed by atoms with E-state index in [0.29, 0.717) is 6.54 Å². The van der Waals surface area contributed by atoms with Crippen molar-refractivity contribution in [1.82, 2.24) is 19.9 Å². The molecule has 0 radical (unpaired) electrons. The molecule has 4 rings (SSSR count). The largest absolute Gasteiger partial charge is 0.395 e. The molecular formula is C32H41N5O. The fourth-order valence-corrected chi connectivity index (χ4v) is 4.78. The highest BCUT2D eigenvalue weighted by atomic mass is 16.3.